The van der Waals surface area contributed by atoms with Gasteiger partial charge in [0, 0.05) is 32.3 Å². The van der Waals surface area contributed by atoms with Crippen LogP contribution in [0.1, 0.15) is 50.7 Å². The van der Waals surface area contributed by atoms with Crippen LogP contribution in [0.5, 0.6) is 0 Å². The maximum Gasteiger partial charge on any atom is 0.262 e. The van der Waals surface area contributed by atoms with Crippen LogP contribution in [0.2, 0.25) is 0 Å². The standard InChI is InChI=1S/C16H23N5O3S/c1-11(2)14-18-15(19-24-14)16-6-4-5-12(16)7-21(9-16)25(22,23)13-8-20(3)10-17-13/h8,10-12H,4-7,9H2,1-3H3/t12-,16-/m1/s1. The minimum atomic E-state index is -3.60. The third-order valence-corrected chi connectivity index (χ3v) is 7.20. The lowest BCUT2D eigenvalue weighted by atomic mass is 9.80. The van der Waals surface area contributed by atoms with Gasteiger partial charge in [-0.25, -0.2) is 13.4 Å². The van der Waals surface area contributed by atoms with Crippen LogP contribution in [0.25, 0.3) is 0 Å². The summed E-state index contributed by atoms with van der Waals surface area (Å²) in [6, 6.07) is 0. The summed E-state index contributed by atoms with van der Waals surface area (Å²) in [5.74, 6) is 1.66. The van der Waals surface area contributed by atoms with Crippen LogP contribution in [-0.2, 0) is 22.5 Å². The molecule has 0 aromatic carbocycles. The molecule has 3 heterocycles. The summed E-state index contributed by atoms with van der Waals surface area (Å²) in [4.78, 5) is 8.63. The third kappa shape index (κ3) is 2.52. The summed E-state index contributed by atoms with van der Waals surface area (Å²) in [7, 11) is -1.84. The van der Waals surface area contributed by atoms with E-state index in [2.05, 4.69) is 15.1 Å². The van der Waals surface area contributed by atoms with Gasteiger partial charge < -0.3 is 9.09 Å². The molecule has 0 N–H and O–H groups in total. The van der Waals surface area contributed by atoms with Crippen molar-refractivity contribution in [2.24, 2.45) is 13.0 Å². The van der Waals surface area contributed by atoms with Crippen LogP contribution in [0.15, 0.2) is 22.1 Å². The molecule has 1 aliphatic carbocycles. The number of aryl methyl sites for hydroxylation is 1. The van der Waals surface area contributed by atoms with Crippen molar-refractivity contribution in [3.05, 3.63) is 24.2 Å². The van der Waals surface area contributed by atoms with Gasteiger partial charge in [-0.15, -0.1) is 0 Å². The van der Waals surface area contributed by atoms with Crippen LogP contribution >= 0.6 is 0 Å². The van der Waals surface area contributed by atoms with Gasteiger partial charge in [-0.05, 0) is 18.8 Å². The first-order valence-electron chi connectivity index (χ1n) is 8.65. The van der Waals surface area contributed by atoms with Crippen LogP contribution < -0.4 is 0 Å². The molecule has 2 fully saturated rings. The second-order valence-electron chi connectivity index (χ2n) is 7.53. The second-order valence-corrected chi connectivity index (χ2v) is 9.42. The Morgan fingerprint density at radius 2 is 2.20 bits per heavy atom. The second kappa shape index (κ2) is 5.63. The topological polar surface area (TPSA) is 94.1 Å². The number of hydrogen-bond acceptors (Lipinski definition) is 6. The molecular weight excluding hydrogens is 342 g/mol. The summed E-state index contributed by atoms with van der Waals surface area (Å²) in [5, 5.41) is 4.32. The number of sulfonamides is 1. The number of fused-ring (bicyclic) bond motifs is 1. The van der Waals surface area contributed by atoms with Crippen molar-refractivity contribution in [2.45, 2.75) is 49.5 Å². The molecule has 0 spiro atoms. The zero-order valence-electron chi connectivity index (χ0n) is 14.7. The molecule has 4 rings (SSSR count). The number of hydrogen-bond donors (Lipinski definition) is 0. The van der Waals surface area contributed by atoms with E-state index < -0.39 is 10.0 Å². The van der Waals surface area contributed by atoms with Crippen molar-refractivity contribution in [2.75, 3.05) is 13.1 Å². The Morgan fingerprint density at radius 1 is 1.40 bits per heavy atom. The van der Waals surface area contributed by atoms with Crippen LogP contribution in [0.4, 0.5) is 0 Å². The van der Waals surface area contributed by atoms with E-state index in [1.165, 1.54) is 6.33 Å². The zero-order chi connectivity index (χ0) is 17.8. The Hall–Kier alpha value is -1.74. The molecule has 1 aliphatic heterocycles. The molecule has 0 unspecified atom stereocenters. The molecule has 9 heteroatoms. The van der Waals surface area contributed by atoms with Gasteiger partial charge >= 0.3 is 0 Å². The molecule has 2 atom stereocenters. The SMILES string of the molecule is CC(C)c1nc([C@@]23CCC[C@@H]2CN(S(=O)(=O)c2cn(C)cn2)C3)no1. The molecule has 2 aromatic rings. The molecule has 2 aromatic heterocycles. The normalized spacial score (nSPS) is 27.3. The van der Waals surface area contributed by atoms with Gasteiger partial charge in [0.15, 0.2) is 10.9 Å². The lowest BCUT2D eigenvalue weighted by Crippen LogP contribution is -2.35. The van der Waals surface area contributed by atoms with Crippen LogP contribution in [-0.4, -0.2) is 45.5 Å². The number of nitrogens with zero attached hydrogens (tertiary/aromatic N) is 5. The summed E-state index contributed by atoms with van der Waals surface area (Å²) >= 11 is 0. The lowest BCUT2D eigenvalue weighted by molar-refractivity contribution is 0.324. The molecule has 0 amide bonds. The van der Waals surface area contributed by atoms with Crippen molar-refractivity contribution in [3.8, 4) is 0 Å². The van der Waals surface area contributed by atoms with Gasteiger partial charge in [0.2, 0.25) is 5.89 Å². The molecule has 8 nitrogen and oxygen atoms in total. The predicted molar refractivity (Wildman–Crippen MR) is 89.4 cm³/mol. The van der Waals surface area contributed by atoms with Crippen LogP contribution in [0, 0.1) is 5.92 Å². The highest BCUT2D eigenvalue weighted by Gasteiger charge is 2.56. The van der Waals surface area contributed by atoms with E-state index in [1.54, 1.807) is 22.1 Å². The van der Waals surface area contributed by atoms with Gasteiger partial charge in [0.25, 0.3) is 10.0 Å². The van der Waals surface area contributed by atoms with E-state index in [4.69, 9.17) is 4.52 Å². The van der Waals surface area contributed by atoms with Crippen molar-refractivity contribution in [1.29, 1.82) is 0 Å². The average molecular weight is 365 g/mol. The molecule has 136 valence electrons. The van der Waals surface area contributed by atoms with E-state index in [1.807, 2.05) is 13.8 Å². The van der Waals surface area contributed by atoms with Crippen molar-refractivity contribution in [1.82, 2.24) is 24.0 Å². The fraction of sp³-hybridized carbons (Fsp3) is 0.688. The molecule has 25 heavy (non-hydrogen) atoms. The number of imidazole rings is 1. The smallest absolute Gasteiger partial charge is 0.262 e. The van der Waals surface area contributed by atoms with Crippen molar-refractivity contribution in [3.63, 3.8) is 0 Å². The van der Waals surface area contributed by atoms with E-state index in [9.17, 15) is 8.42 Å². The Kier molecular flexibility index (Phi) is 3.77. The van der Waals surface area contributed by atoms with Gasteiger partial charge in [-0.3, -0.25) is 0 Å². The predicted octanol–water partition coefficient (Wildman–Crippen LogP) is 1.67. The van der Waals surface area contributed by atoms with E-state index in [0.29, 0.717) is 24.8 Å². The first kappa shape index (κ1) is 16.7. The van der Waals surface area contributed by atoms with Gasteiger partial charge in [-0.2, -0.15) is 9.29 Å². The largest absolute Gasteiger partial charge is 0.339 e. The Labute approximate surface area is 147 Å². The Balaban J connectivity index is 1.68. The van der Waals surface area contributed by atoms with Gasteiger partial charge in [-0.1, -0.05) is 25.4 Å². The zero-order valence-corrected chi connectivity index (χ0v) is 15.5. The van der Waals surface area contributed by atoms with Crippen molar-refractivity contribution >= 4 is 10.0 Å². The van der Waals surface area contributed by atoms with E-state index >= 15 is 0 Å². The monoisotopic (exact) mass is 365 g/mol. The minimum absolute atomic E-state index is 0.0982. The van der Waals surface area contributed by atoms with E-state index in [0.717, 1.165) is 19.3 Å². The fourth-order valence-electron chi connectivity index (χ4n) is 4.12. The van der Waals surface area contributed by atoms with Gasteiger partial charge in [0.1, 0.15) is 0 Å². The molecule has 1 saturated heterocycles. The van der Waals surface area contributed by atoms with Crippen LogP contribution in [0.3, 0.4) is 0 Å². The molecule has 1 saturated carbocycles. The minimum Gasteiger partial charge on any atom is -0.339 e. The molecule has 2 aliphatic rings. The average Bonchev–Trinajstić information content (AvgIpc) is 3.29. The Bertz CT molecular complexity index is 887. The number of rotatable bonds is 4. The van der Waals surface area contributed by atoms with E-state index in [-0.39, 0.29) is 22.3 Å². The highest BCUT2D eigenvalue weighted by atomic mass is 32.2. The summed E-state index contributed by atoms with van der Waals surface area (Å²) in [6.45, 7) is 4.90. The lowest BCUT2D eigenvalue weighted by Gasteiger charge is -2.24. The summed E-state index contributed by atoms with van der Waals surface area (Å²) in [5.41, 5.74) is -0.335. The molecular formula is C16H23N5O3S. The fourth-order valence-corrected chi connectivity index (χ4v) is 5.64. The maximum absolute atomic E-state index is 13.0. The first-order chi connectivity index (χ1) is 11.8. The highest BCUT2D eigenvalue weighted by Crippen LogP contribution is 2.50. The number of aromatic nitrogens is 4. The summed E-state index contributed by atoms with van der Waals surface area (Å²) in [6.07, 6.45) is 5.99. The molecule has 0 bridgehead atoms. The maximum atomic E-state index is 13.0. The first-order valence-corrected chi connectivity index (χ1v) is 10.1. The third-order valence-electron chi connectivity index (χ3n) is 5.51. The summed E-state index contributed by atoms with van der Waals surface area (Å²) < 4.78 is 34.5. The highest BCUT2D eigenvalue weighted by molar-refractivity contribution is 7.89. The Morgan fingerprint density at radius 3 is 2.84 bits per heavy atom. The van der Waals surface area contributed by atoms with Crippen molar-refractivity contribution < 1.29 is 12.9 Å². The molecule has 0 radical (unpaired) electrons. The van der Waals surface area contributed by atoms with Gasteiger partial charge in [0.05, 0.1) is 11.7 Å². The quantitative estimate of drug-likeness (QED) is 0.818.